The van der Waals surface area contributed by atoms with Crippen LogP contribution >= 0.6 is 46.4 Å². The minimum atomic E-state index is -0.492. The average molecular weight is 1290 g/mol. The number of carbonyl (C=O) groups excluding carboxylic acids is 4. The number of rotatable bonds is 12. The fourth-order valence-corrected chi connectivity index (χ4v) is 11.5. The highest BCUT2D eigenvalue weighted by atomic mass is 35.5. The van der Waals surface area contributed by atoms with Gasteiger partial charge in [-0.05, 0) is 170 Å². The zero-order valence-electron chi connectivity index (χ0n) is 48.2. The Balaban J connectivity index is 1.07. The number of halogens is 4. The highest BCUT2D eigenvalue weighted by molar-refractivity contribution is 6.31. The first-order valence-electron chi connectivity index (χ1n) is 28.8. The molecule has 0 aliphatic carbocycles. The van der Waals surface area contributed by atoms with Crippen LogP contribution < -0.4 is 42.5 Å². The number of H-pyrrole nitrogens is 4. The summed E-state index contributed by atoms with van der Waals surface area (Å²) in [6, 6.07) is 71.1. The van der Waals surface area contributed by atoms with Crippen LogP contribution in [-0.4, -0.2) is 44.1 Å². The van der Waals surface area contributed by atoms with Gasteiger partial charge in [0, 0.05) is 100 Å². The van der Waals surface area contributed by atoms with Crippen LogP contribution in [0.25, 0.3) is 88.6 Å². The third kappa shape index (κ3) is 13.3. The van der Waals surface area contributed by atoms with Gasteiger partial charge in [0.25, 0.3) is 0 Å². The monoisotopic (exact) mass is 1290 g/mol. The summed E-state index contributed by atoms with van der Waals surface area (Å²) in [6.07, 6.45) is 0. The number of hydrogen-bond donors (Lipinski definition) is 12. The van der Waals surface area contributed by atoms with Gasteiger partial charge in [-0.3, -0.25) is 10.6 Å². The van der Waals surface area contributed by atoms with E-state index in [-0.39, 0.29) is 0 Å². The van der Waals surface area contributed by atoms with Crippen molar-refractivity contribution in [3.8, 4) is 44.5 Å². The highest BCUT2D eigenvalue weighted by Gasteiger charge is 2.25. The maximum atomic E-state index is 14.0. The van der Waals surface area contributed by atoms with Crippen molar-refractivity contribution in [2.45, 2.75) is 0 Å². The molecule has 8 aromatic carbocycles. The Morgan fingerprint density at radius 3 is 0.870 bits per heavy atom. The third-order valence-electron chi connectivity index (χ3n) is 15.1. The van der Waals surface area contributed by atoms with E-state index in [1.54, 1.807) is 97.1 Å². The molecule has 0 radical (unpaired) electrons. The number of anilines is 8. The molecule has 92 heavy (non-hydrogen) atoms. The van der Waals surface area contributed by atoms with E-state index in [9.17, 15) is 19.2 Å². The van der Waals surface area contributed by atoms with Gasteiger partial charge in [0.2, 0.25) is 0 Å². The molecule has 12 N–H and O–H groups in total. The molecule has 13 rings (SSSR count). The second-order valence-electron chi connectivity index (χ2n) is 21.2. The molecule has 0 fully saturated rings. The van der Waals surface area contributed by atoms with Gasteiger partial charge in [0.05, 0.1) is 34.5 Å². The molecule has 0 unspecified atom stereocenters. The minimum Gasteiger partial charge on any atom is -0.354 e. The van der Waals surface area contributed by atoms with Crippen molar-refractivity contribution in [3.63, 3.8) is 0 Å². The molecular weight excluding hydrogens is 1240 g/mol. The average Bonchev–Trinajstić information content (AvgIpc) is 1.88. The van der Waals surface area contributed by atoms with Crippen LogP contribution in [0, 0.1) is 0 Å². The molecule has 5 heterocycles. The Bertz CT molecular complexity index is 4350. The number of urea groups is 4. The molecule has 8 bridgehead atoms. The van der Waals surface area contributed by atoms with Crippen molar-refractivity contribution in [2.75, 3.05) is 42.5 Å². The number of aromatic amines is 4. The van der Waals surface area contributed by atoms with E-state index in [2.05, 4.69) is 62.5 Å². The number of aromatic nitrogens is 4. The molecule has 16 nitrogen and oxygen atoms in total. The van der Waals surface area contributed by atoms with Crippen LogP contribution in [0.15, 0.2) is 243 Å². The number of hydrogen-bond acceptors (Lipinski definition) is 4. The summed E-state index contributed by atoms with van der Waals surface area (Å²) in [6.45, 7) is 0. The predicted octanol–water partition coefficient (Wildman–Crippen LogP) is 21.2. The summed E-state index contributed by atoms with van der Waals surface area (Å²) in [5.41, 5.74) is 14.4. The number of nitrogens with one attached hydrogen (secondary N) is 12. The molecule has 0 aliphatic heterocycles. The molecule has 0 atom stereocenters. The smallest absolute Gasteiger partial charge is 0.330 e. The van der Waals surface area contributed by atoms with Gasteiger partial charge in [-0.2, -0.15) is 0 Å². The summed E-state index contributed by atoms with van der Waals surface area (Å²) in [5, 5.41) is 26.2. The fourth-order valence-electron chi connectivity index (χ4n) is 11.0. The molecule has 0 aliphatic rings. The highest BCUT2D eigenvalue weighted by Crippen LogP contribution is 2.42. The van der Waals surface area contributed by atoms with E-state index in [1.807, 2.05) is 146 Å². The van der Waals surface area contributed by atoms with E-state index < -0.39 is 24.1 Å². The first kappa shape index (κ1) is 59.6. The lowest BCUT2D eigenvalue weighted by Crippen LogP contribution is -2.19. The molecule has 450 valence electrons. The Labute approximate surface area is 545 Å². The van der Waals surface area contributed by atoms with Crippen LogP contribution in [0.2, 0.25) is 20.1 Å². The van der Waals surface area contributed by atoms with Crippen molar-refractivity contribution in [1.82, 2.24) is 19.9 Å². The molecule has 0 spiro atoms. The summed E-state index contributed by atoms with van der Waals surface area (Å²) in [5.74, 6) is 0. The fraction of sp³-hybridized carbons (Fsp3) is 0. The molecule has 0 saturated heterocycles. The first-order valence-corrected chi connectivity index (χ1v) is 30.3. The van der Waals surface area contributed by atoms with Crippen molar-refractivity contribution in [1.29, 1.82) is 0 Å². The third-order valence-corrected chi connectivity index (χ3v) is 16.1. The van der Waals surface area contributed by atoms with Crippen molar-refractivity contribution in [2.24, 2.45) is 0 Å². The normalized spacial score (nSPS) is 11.0. The molecular formula is C72H52Cl4N12O4+2. The lowest BCUT2D eigenvalue weighted by molar-refractivity contribution is 0.261. The van der Waals surface area contributed by atoms with Gasteiger partial charge in [-0.25, -0.2) is 19.2 Å². The summed E-state index contributed by atoms with van der Waals surface area (Å²) in [4.78, 5) is 71.2. The Kier molecular flexibility index (Phi) is 17.1. The number of benzene rings is 8. The van der Waals surface area contributed by atoms with Gasteiger partial charge in [0.15, 0.2) is 0 Å². The second-order valence-corrected chi connectivity index (χ2v) is 22.9. The van der Waals surface area contributed by atoms with Crippen LogP contribution in [0.1, 0.15) is 0 Å². The van der Waals surface area contributed by atoms with Gasteiger partial charge in [0.1, 0.15) is 55.7 Å². The topological polar surface area (TPSA) is 228 Å². The van der Waals surface area contributed by atoms with E-state index >= 15 is 0 Å². The van der Waals surface area contributed by atoms with Crippen LogP contribution in [-0.2, 0) is 0 Å². The van der Waals surface area contributed by atoms with Gasteiger partial charge >= 0.3 is 24.1 Å². The van der Waals surface area contributed by atoms with Crippen molar-refractivity contribution in [3.05, 3.63) is 263 Å². The molecule has 5 aromatic heterocycles. The van der Waals surface area contributed by atoms with Gasteiger partial charge in [-0.1, -0.05) is 82.8 Å². The Morgan fingerprint density at radius 1 is 0.261 bits per heavy atom. The maximum Gasteiger partial charge on any atom is 0.330 e. The molecule has 13 aromatic rings. The number of carbonyl (C=O) groups is 4. The van der Waals surface area contributed by atoms with E-state index in [4.69, 9.17) is 46.4 Å². The van der Waals surface area contributed by atoms with Crippen LogP contribution in [0.3, 0.4) is 0 Å². The summed E-state index contributed by atoms with van der Waals surface area (Å²) >= 11 is 24.8. The zero-order valence-corrected chi connectivity index (χ0v) is 51.3. The first-order chi connectivity index (χ1) is 44.8. The number of fused-ring (bicyclic) bond motifs is 8. The van der Waals surface area contributed by atoms with E-state index in [0.717, 1.165) is 0 Å². The van der Waals surface area contributed by atoms with Crippen molar-refractivity contribution < 1.29 is 19.2 Å². The van der Waals surface area contributed by atoms with Crippen LogP contribution in [0.4, 0.5) is 64.7 Å². The lowest BCUT2D eigenvalue weighted by Gasteiger charge is -2.13. The standard InChI is InChI=1S/C72H50Cl4N12O4/c73-41-17-25-45(26-18-41)77-69(89)85-53-13-5-1-9-49(53)65-57-33-35-59(81-57)66(50-10-2-6-14-54(50)86-70(90)78-46-27-19-42(74)20-28-46)61-37-39-63(83-61)68(52-12-4-8-16-56(52)88-72(92)80-48-31-23-44(76)24-32-48)64-40-38-62(84-64)67(60-36-34-58(65)82-60)51-11-3-7-15-55(51)87-71(91)79-47-29-21-43(75)22-30-47/h1-40,81-84H,(H6-2,77,78,79,80,85,86,87,88,89,90,91,92)/p+2. The number of amides is 8. The minimum absolute atomic E-state index is 0.481. The van der Waals surface area contributed by atoms with E-state index in [0.29, 0.717) is 154 Å². The van der Waals surface area contributed by atoms with Crippen molar-refractivity contribution >= 4 is 160 Å². The largest absolute Gasteiger partial charge is 0.354 e. The zero-order chi connectivity index (χ0) is 63.2. The van der Waals surface area contributed by atoms with Gasteiger partial charge in [-0.15, -0.1) is 0 Å². The lowest BCUT2D eigenvalue weighted by atomic mass is 10.0. The Hall–Kier alpha value is -11.4. The molecule has 8 amide bonds. The molecule has 20 heteroatoms. The SMILES string of the molecule is O=C(Nc1ccc(Cl)cc1)Nc1ccccc1-c1c2ccc([nH]2)c(-c2ccccc2NC(=O)Nc2ccc(Cl)cc2)c2ccc([nH]2)[c+](-c2ccccc2NC(=O)Nc2ccc(Cl)cc2)c2ccc([nH]2)[c+](-c2ccccc2NC(=O)Nc2ccc(Cl)cc2)c2ccc1[nH]2. The van der Waals surface area contributed by atoms with Gasteiger partial charge < -0.3 is 51.8 Å². The molecule has 0 saturated carbocycles. The second kappa shape index (κ2) is 26.4. The van der Waals surface area contributed by atoms with E-state index in [1.165, 1.54) is 0 Å². The number of para-hydroxylation sites is 4. The summed E-state index contributed by atoms with van der Waals surface area (Å²) in [7, 11) is 0. The quantitative estimate of drug-likeness (QED) is 0.0536. The Morgan fingerprint density at radius 2 is 0.522 bits per heavy atom. The summed E-state index contributed by atoms with van der Waals surface area (Å²) < 4.78 is 0. The van der Waals surface area contributed by atoms with Crippen LogP contribution in [0.5, 0.6) is 0 Å². The predicted molar refractivity (Wildman–Crippen MR) is 378 cm³/mol. The maximum absolute atomic E-state index is 14.0.